The molecular formula is C16H22N6O. The zero-order valence-corrected chi connectivity index (χ0v) is 13.3. The lowest BCUT2D eigenvalue weighted by atomic mass is 10.1. The van der Waals surface area contributed by atoms with Crippen LogP contribution in [-0.4, -0.2) is 44.7 Å². The SMILES string of the molecule is Cn1cc(C(=O)N2CCC[C@H](Nc3ccc(N)nc3)CC2)cn1. The predicted octanol–water partition coefficient (Wildman–Crippen LogP) is 1.50. The molecular weight excluding hydrogens is 292 g/mol. The average molecular weight is 314 g/mol. The zero-order valence-electron chi connectivity index (χ0n) is 13.3. The summed E-state index contributed by atoms with van der Waals surface area (Å²) in [6.45, 7) is 1.53. The summed E-state index contributed by atoms with van der Waals surface area (Å²) in [5.74, 6) is 0.581. The van der Waals surface area contributed by atoms with Crippen molar-refractivity contribution in [1.82, 2.24) is 19.7 Å². The lowest BCUT2D eigenvalue weighted by molar-refractivity contribution is 0.0761. The van der Waals surface area contributed by atoms with Crippen LogP contribution in [0.15, 0.2) is 30.7 Å². The van der Waals surface area contributed by atoms with Gasteiger partial charge in [-0.05, 0) is 31.4 Å². The number of rotatable bonds is 3. The van der Waals surface area contributed by atoms with Gasteiger partial charge in [0.05, 0.1) is 23.6 Å². The summed E-state index contributed by atoms with van der Waals surface area (Å²) in [6, 6.07) is 4.07. The second-order valence-electron chi connectivity index (χ2n) is 5.94. The number of amides is 1. The average Bonchev–Trinajstić information content (AvgIpc) is 2.84. The molecule has 0 unspecified atom stereocenters. The van der Waals surface area contributed by atoms with E-state index in [2.05, 4.69) is 15.4 Å². The highest BCUT2D eigenvalue weighted by Crippen LogP contribution is 2.18. The van der Waals surface area contributed by atoms with Crippen molar-refractivity contribution in [2.45, 2.75) is 25.3 Å². The van der Waals surface area contributed by atoms with Crippen LogP contribution in [0.5, 0.6) is 0 Å². The molecule has 122 valence electrons. The number of pyridine rings is 1. The van der Waals surface area contributed by atoms with Gasteiger partial charge in [-0.15, -0.1) is 0 Å². The first-order chi connectivity index (χ1) is 11.1. The largest absolute Gasteiger partial charge is 0.384 e. The van der Waals surface area contributed by atoms with Crippen LogP contribution in [0.2, 0.25) is 0 Å². The number of aromatic nitrogens is 3. The Bertz CT molecular complexity index is 665. The highest BCUT2D eigenvalue weighted by molar-refractivity contribution is 5.93. The maximum absolute atomic E-state index is 12.5. The minimum Gasteiger partial charge on any atom is -0.384 e. The van der Waals surface area contributed by atoms with Crippen molar-refractivity contribution in [3.8, 4) is 0 Å². The van der Waals surface area contributed by atoms with E-state index in [1.54, 1.807) is 29.3 Å². The van der Waals surface area contributed by atoms with Gasteiger partial charge in [-0.3, -0.25) is 9.48 Å². The number of hydrogen-bond acceptors (Lipinski definition) is 5. The molecule has 0 bridgehead atoms. The van der Waals surface area contributed by atoms with Crippen LogP contribution in [0.1, 0.15) is 29.6 Å². The van der Waals surface area contributed by atoms with Crippen molar-refractivity contribution in [2.75, 3.05) is 24.1 Å². The summed E-state index contributed by atoms with van der Waals surface area (Å²) in [5.41, 5.74) is 7.23. The van der Waals surface area contributed by atoms with Crippen molar-refractivity contribution in [3.63, 3.8) is 0 Å². The fourth-order valence-corrected chi connectivity index (χ4v) is 2.88. The van der Waals surface area contributed by atoms with Crippen LogP contribution in [-0.2, 0) is 7.05 Å². The molecule has 23 heavy (non-hydrogen) atoms. The molecule has 2 aromatic rings. The highest BCUT2D eigenvalue weighted by atomic mass is 16.2. The Morgan fingerprint density at radius 2 is 2.17 bits per heavy atom. The molecule has 7 heteroatoms. The number of nitrogen functional groups attached to an aromatic ring is 1. The molecule has 1 atom stereocenters. The van der Waals surface area contributed by atoms with Gasteiger partial charge in [0, 0.05) is 32.4 Å². The second kappa shape index (κ2) is 6.68. The van der Waals surface area contributed by atoms with Gasteiger partial charge in [0.2, 0.25) is 0 Å². The number of anilines is 2. The monoisotopic (exact) mass is 314 g/mol. The number of carbonyl (C=O) groups is 1. The summed E-state index contributed by atoms with van der Waals surface area (Å²) in [6.07, 6.45) is 8.06. The molecule has 1 aliphatic heterocycles. The Hall–Kier alpha value is -2.57. The Labute approximate surface area is 135 Å². The predicted molar refractivity (Wildman–Crippen MR) is 89.0 cm³/mol. The van der Waals surface area contributed by atoms with Crippen LogP contribution < -0.4 is 11.1 Å². The van der Waals surface area contributed by atoms with E-state index in [-0.39, 0.29) is 5.91 Å². The van der Waals surface area contributed by atoms with Crippen LogP contribution in [0.4, 0.5) is 11.5 Å². The van der Waals surface area contributed by atoms with Gasteiger partial charge in [0.1, 0.15) is 5.82 Å². The quantitative estimate of drug-likeness (QED) is 0.896. The van der Waals surface area contributed by atoms with Gasteiger partial charge in [-0.25, -0.2) is 4.98 Å². The fourth-order valence-electron chi connectivity index (χ4n) is 2.88. The van der Waals surface area contributed by atoms with E-state index in [1.165, 1.54) is 0 Å². The van der Waals surface area contributed by atoms with Crippen LogP contribution in [0.25, 0.3) is 0 Å². The standard InChI is InChI=1S/C16H22N6O/c1-21-11-12(9-19-21)16(23)22-7-2-3-13(6-8-22)20-14-4-5-15(17)18-10-14/h4-5,9-11,13,20H,2-3,6-8H2,1H3,(H2,17,18)/t13-/m0/s1. The summed E-state index contributed by atoms with van der Waals surface area (Å²) >= 11 is 0. The number of nitrogens with one attached hydrogen (secondary N) is 1. The summed E-state index contributed by atoms with van der Waals surface area (Å²) in [7, 11) is 1.82. The molecule has 3 N–H and O–H groups in total. The molecule has 0 saturated carbocycles. The molecule has 1 saturated heterocycles. The molecule has 0 aliphatic carbocycles. The van der Waals surface area contributed by atoms with E-state index < -0.39 is 0 Å². The molecule has 3 heterocycles. The molecule has 1 amide bonds. The molecule has 1 fully saturated rings. The second-order valence-corrected chi connectivity index (χ2v) is 5.94. The third-order valence-electron chi connectivity index (χ3n) is 4.12. The number of aryl methyl sites for hydroxylation is 1. The van der Waals surface area contributed by atoms with Gasteiger partial charge in [0.15, 0.2) is 0 Å². The van der Waals surface area contributed by atoms with E-state index in [0.29, 0.717) is 17.4 Å². The lowest BCUT2D eigenvalue weighted by Gasteiger charge is -2.20. The molecule has 0 spiro atoms. The Morgan fingerprint density at radius 3 is 2.87 bits per heavy atom. The smallest absolute Gasteiger partial charge is 0.257 e. The summed E-state index contributed by atoms with van der Waals surface area (Å²) in [4.78, 5) is 18.5. The van der Waals surface area contributed by atoms with Crippen molar-refractivity contribution in [3.05, 3.63) is 36.3 Å². The van der Waals surface area contributed by atoms with E-state index in [1.807, 2.05) is 18.0 Å². The summed E-state index contributed by atoms with van der Waals surface area (Å²) < 4.78 is 1.66. The fraction of sp³-hybridized carbons (Fsp3) is 0.438. The molecule has 3 rings (SSSR count). The summed E-state index contributed by atoms with van der Waals surface area (Å²) in [5, 5.41) is 7.55. The third-order valence-corrected chi connectivity index (χ3v) is 4.12. The van der Waals surface area contributed by atoms with E-state index >= 15 is 0 Å². The maximum atomic E-state index is 12.5. The van der Waals surface area contributed by atoms with Gasteiger partial charge < -0.3 is 16.0 Å². The molecule has 2 aromatic heterocycles. The van der Waals surface area contributed by atoms with Crippen LogP contribution in [0, 0.1) is 0 Å². The molecule has 0 aromatic carbocycles. The molecule has 1 aliphatic rings. The molecule has 0 radical (unpaired) electrons. The first-order valence-electron chi connectivity index (χ1n) is 7.88. The number of nitrogens with zero attached hydrogens (tertiary/aromatic N) is 4. The minimum absolute atomic E-state index is 0.0629. The van der Waals surface area contributed by atoms with E-state index in [4.69, 9.17) is 5.73 Å². The van der Waals surface area contributed by atoms with E-state index in [9.17, 15) is 4.79 Å². The number of nitrogens with two attached hydrogens (primary N) is 1. The lowest BCUT2D eigenvalue weighted by Crippen LogP contribution is -2.32. The first-order valence-corrected chi connectivity index (χ1v) is 7.88. The molecule has 7 nitrogen and oxygen atoms in total. The van der Waals surface area contributed by atoms with Crippen molar-refractivity contribution < 1.29 is 4.79 Å². The Kier molecular flexibility index (Phi) is 4.45. The van der Waals surface area contributed by atoms with Gasteiger partial charge in [-0.1, -0.05) is 0 Å². The van der Waals surface area contributed by atoms with Gasteiger partial charge in [0.25, 0.3) is 5.91 Å². The van der Waals surface area contributed by atoms with Gasteiger partial charge >= 0.3 is 0 Å². The first kappa shape index (κ1) is 15.3. The zero-order chi connectivity index (χ0) is 16.2. The number of likely N-dealkylation sites (tertiary alicyclic amines) is 1. The number of carbonyl (C=O) groups excluding carboxylic acids is 1. The van der Waals surface area contributed by atoms with Crippen molar-refractivity contribution >= 4 is 17.4 Å². The Balaban J connectivity index is 1.58. The van der Waals surface area contributed by atoms with Crippen molar-refractivity contribution in [1.29, 1.82) is 0 Å². The van der Waals surface area contributed by atoms with Crippen LogP contribution >= 0.6 is 0 Å². The number of hydrogen-bond donors (Lipinski definition) is 2. The third kappa shape index (κ3) is 3.80. The normalized spacial score (nSPS) is 18.5. The van der Waals surface area contributed by atoms with Crippen molar-refractivity contribution in [2.24, 2.45) is 7.05 Å². The topological polar surface area (TPSA) is 89.1 Å². The van der Waals surface area contributed by atoms with E-state index in [0.717, 1.165) is 38.0 Å². The Morgan fingerprint density at radius 1 is 1.30 bits per heavy atom. The minimum atomic E-state index is 0.0629. The maximum Gasteiger partial charge on any atom is 0.257 e. The van der Waals surface area contributed by atoms with Gasteiger partial charge in [-0.2, -0.15) is 5.10 Å². The highest BCUT2D eigenvalue weighted by Gasteiger charge is 2.22. The van der Waals surface area contributed by atoms with Crippen LogP contribution in [0.3, 0.4) is 0 Å².